The summed E-state index contributed by atoms with van der Waals surface area (Å²) < 4.78 is 48.2. The molecule has 1 aliphatic rings. The Morgan fingerprint density at radius 3 is 2.33 bits per heavy atom. The Morgan fingerprint density at radius 2 is 1.70 bits per heavy atom. The van der Waals surface area contributed by atoms with Crippen molar-refractivity contribution < 1.29 is 27.1 Å². The first-order valence-electron chi connectivity index (χ1n) is 14.4. The van der Waals surface area contributed by atoms with Gasteiger partial charge in [0.05, 0.1) is 17.7 Å². The van der Waals surface area contributed by atoms with Crippen LogP contribution < -0.4 is 14.4 Å². The molecule has 1 saturated carbocycles. The molecule has 0 aromatic heterocycles. The fourth-order valence-corrected chi connectivity index (χ4v) is 6.95. The zero-order valence-electron chi connectivity index (χ0n) is 24.3. The number of methoxy groups -OCH3 is 1. The van der Waals surface area contributed by atoms with Gasteiger partial charge in [-0.1, -0.05) is 68.1 Å². The molecule has 3 aromatic rings. The van der Waals surface area contributed by atoms with Gasteiger partial charge in [-0.3, -0.25) is 13.9 Å². The van der Waals surface area contributed by atoms with Gasteiger partial charge in [0.15, 0.2) is 0 Å². The van der Waals surface area contributed by atoms with Crippen molar-refractivity contribution in [3.8, 4) is 5.75 Å². The van der Waals surface area contributed by atoms with Crippen LogP contribution in [0.3, 0.4) is 0 Å². The molecule has 2 amide bonds. The molecule has 230 valence electrons. The predicted octanol–water partition coefficient (Wildman–Crippen LogP) is 5.94. The van der Waals surface area contributed by atoms with Crippen molar-refractivity contribution in [2.24, 2.45) is 0 Å². The highest BCUT2D eigenvalue weighted by Crippen LogP contribution is 2.35. The second-order valence-corrected chi connectivity index (χ2v) is 12.9. The molecule has 3 aromatic carbocycles. The Morgan fingerprint density at radius 1 is 1.02 bits per heavy atom. The van der Waals surface area contributed by atoms with Gasteiger partial charge in [0, 0.05) is 17.6 Å². The van der Waals surface area contributed by atoms with E-state index in [0.717, 1.165) is 36.4 Å². The molecule has 11 heteroatoms. The number of carbonyl (C=O) groups excluding carboxylic acids is 2. The number of hydrogen-bond donors (Lipinski definition) is 1. The van der Waals surface area contributed by atoms with Gasteiger partial charge < -0.3 is 15.0 Å². The Hall–Kier alpha value is -3.63. The van der Waals surface area contributed by atoms with Gasteiger partial charge in [-0.2, -0.15) is 0 Å². The molecule has 1 atom stereocenters. The van der Waals surface area contributed by atoms with Crippen molar-refractivity contribution in [1.29, 1.82) is 0 Å². The van der Waals surface area contributed by atoms with E-state index in [4.69, 9.17) is 16.3 Å². The maximum absolute atomic E-state index is 14.2. The van der Waals surface area contributed by atoms with Crippen LogP contribution in [0.25, 0.3) is 0 Å². The summed E-state index contributed by atoms with van der Waals surface area (Å²) in [6.07, 6.45) is 5.19. The number of carbonyl (C=O) groups is 2. The number of nitrogens with one attached hydrogen (secondary N) is 1. The van der Waals surface area contributed by atoms with Gasteiger partial charge in [-0.25, -0.2) is 12.8 Å². The van der Waals surface area contributed by atoms with E-state index in [1.165, 1.54) is 48.4 Å². The largest absolute Gasteiger partial charge is 0.495 e. The monoisotopic (exact) mass is 629 g/mol. The van der Waals surface area contributed by atoms with E-state index in [-0.39, 0.29) is 46.3 Å². The topological polar surface area (TPSA) is 96.0 Å². The molecular formula is C32H37ClFN3O5S. The van der Waals surface area contributed by atoms with Crippen LogP contribution in [0.4, 0.5) is 10.1 Å². The number of ether oxygens (including phenoxy) is 1. The van der Waals surface area contributed by atoms with Crippen molar-refractivity contribution >= 4 is 39.1 Å². The minimum absolute atomic E-state index is 0.0174. The Bertz CT molecular complexity index is 1500. The number of nitrogens with zero attached hydrogens (tertiary/aromatic N) is 2. The molecule has 1 N–H and O–H groups in total. The summed E-state index contributed by atoms with van der Waals surface area (Å²) in [6.45, 7) is 1.14. The molecule has 0 spiro atoms. The maximum atomic E-state index is 14.2. The molecule has 8 nitrogen and oxygen atoms in total. The first-order valence-corrected chi connectivity index (χ1v) is 16.2. The third kappa shape index (κ3) is 8.06. The minimum Gasteiger partial charge on any atom is -0.495 e. The van der Waals surface area contributed by atoms with Gasteiger partial charge >= 0.3 is 0 Å². The molecule has 0 aliphatic heterocycles. The molecule has 43 heavy (non-hydrogen) atoms. The number of hydrogen-bond acceptors (Lipinski definition) is 5. The quantitative estimate of drug-likeness (QED) is 0.268. The van der Waals surface area contributed by atoms with E-state index in [1.54, 1.807) is 43.3 Å². The van der Waals surface area contributed by atoms with Crippen molar-refractivity contribution in [3.63, 3.8) is 0 Å². The summed E-state index contributed by atoms with van der Waals surface area (Å²) in [5.74, 6) is -1.15. The first-order chi connectivity index (χ1) is 20.6. The van der Waals surface area contributed by atoms with Crippen molar-refractivity contribution in [2.75, 3.05) is 18.0 Å². The third-order valence-electron chi connectivity index (χ3n) is 7.62. The lowest BCUT2D eigenvalue weighted by molar-refractivity contribution is -0.140. The number of rotatable bonds is 12. The van der Waals surface area contributed by atoms with Crippen molar-refractivity contribution in [2.45, 2.75) is 69.0 Å². The lowest BCUT2D eigenvalue weighted by Gasteiger charge is -2.34. The van der Waals surface area contributed by atoms with Crippen LogP contribution in [-0.2, 0) is 26.2 Å². The highest BCUT2D eigenvalue weighted by molar-refractivity contribution is 7.92. The van der Waals surface area contributed by atoms with Crippen molar-refractivity contribution in [1.82, 2.24) is 10.2 Å². The zero-order valence-corrected chi connectivity index (χ0v) is 25.9. The van der Waals surface area contributed by atoms with Gasteiger partial charge in [0.1, 0.15) is 24.2 Å². The standard InChI is InChI=1S/C32H37ClFN3O5S/c1-3-28(32(39)35-26-10-6-4-7-11-26)36(21-23-14-17-25(34)18-15-23)31(38)22-37(29-20-24(33)16-19-30(29)42-2)43(40,41)27-12-8-5-9-13-27/h5,8-9,12-20,26,28H,3-4,6-7,10-11,21-22H2,1-2H3,(H,35,39)/t28-/m0/s1. The molecule has 0 unspecified atom stereocenters. The molecule has 0 bridgehead atoms. The number of sulfonamides is 1. The second kappa shape index (κ2) is 14.7. The van der Waals surface area contributed by atoms with Crippen LogP contribution in [0.2, 0.25) is 5.02 Å². The molecule has 1 aliphatic carbocycles. The van der Waals surface area contributed by atoms with E-state index in [1.807, 2.05) is 0 Å². The average molecular weight is 630 g/mol. The van der Waals surface area contributed by atoms with Gasteiger partial charge in [0.25, 0.3) is 10.0 Å². The SMILES string of the molecule is CC[C@@H](C(=O)NC1CCCCC1)N(Cc1ccc(F)cc1)C(=O)CN(c1cc(Cl)ccc1OC)S(=O)(=O)c1ccccc1. The summed E-state index contributed by atoms with van der Waals surface area (Å²) in [5.41, 5.74) is 0.671. The molecule has 4 rings (SSSR count). The lowest BCUT2D eigenvalue weighted by atomic mass is 9.95. The highest BCUT2D eigenvalue weighted by Gasteiger charge is 2.35. The Labute approximate surface area is 257 Å². The predicted molar refractivity (Wildman–Crippen MR) is 165 cm³/mol. The molecular weight excluding hydrogens is 593 g/mol. The normalized spacial score (nSPS) is 14.5. The summed E-state index contributed by atoms with van der Waals surface area (Å²) in [5, 5.41) is 3.35. The second-order valence-electron chi connectivity index (χ2n) is 10.6. The fourth-order valence-electron chi connectivity index (χ4n) is 5.34. The zero-order chi connectivity index (χ0) is 31.0. The van der Waals surface area contributed by atoms with E-state index < -0.39 is 34.3 Å². The van der Waals surface area contributed by atoms with Crippen LogP contribution in [-0.4, -0.2) is 50.9 Å². The average Bonchev–Trinajstić information content (AvgIpc) is 3.01. The minimum atomic E-state index is -4.29. The summed E-state index contributed by atoms with van der Waals surface area (Å²) >= 11 is 6.28. The van der Waals surface area contributed by atoms with E-state index in [0.29, 0.717) is 5.56 Å². The molecule has 0 saturated heterocycles. The summed E-state index contributed by atoms with van der Waals surface area (Å²) in [4.78, 5) is 29.2. The maximum Gasteiger partial charge on any atom is 0.264 e. The van der Waals surface area contributed by atoms with Gasteiger partial charge in [0.2, 0.25) is 11.8 Å². The van der Waals surface area contributed by atoms with Gasteiger partial charge in [-0.15, -0.1) is 0 Å². The van der Waals surface area contributed by atoms with Crippen LogP contribution in [0.5, 0.6) is 5.75 Å². The number of anilines is 1. The third-order valence-corrected chi connectivity index (χ3v) is 9.63. The van der Waals surface area contributed by atoms with Crippen LogP contribution in [0.15, 0.2) is 77.7 Å². The highest BCUT2D eigenvalue weighted by atomic mass is 35.5. The Balaban J connectivity index is 1.74. The number of halogens is 2. The van der Waals surface area contributed by atoms with E-state index in [9.17, 15) is 22.4 Å². The number of amides is 2. The molecule has 0 heterocycles. The van der Waals surface area contributed by atoms with E-state index >= 15 is 0 Å². The Kier molecular flexibility index (Phi) is 11.0. The fraction of sp³-hybridized carbons (Fsp3) is 0.375. The number of benzene rings is 3. The smallest absolute Gasteiger partial charge is 0.264 e. The lowest BCUT2D eigenvalue weighted by Crippen LogP contribution is -2.54. The van der Waals surface area contributed by atoms with Crippen LogP contribution >= 0.6 is 11.6 Å². The summed E-state index contributed by atoms with van der Waals surface area (Å²) in [6, 6.07) is 17.0. The first kappa shape index (κ1) is 32.3. The van der Waals surface area contributed by atoms with Crippen LogP contribution in [0.1, 0.15) is 51.0 Å². The van der Waals surface area contributed by atoms with Crippen molar-refractivity contribution in [3.05, 3.63) is 89.2 Å². The van der Waals surface area contributed by atoms with E-state index in [2.05, 4.69) is 5.32 Å². The molecule has 0 radical (unpaired) electrons. The van der Waals surface area contributed by atoms with Crippen LogP contribution in [0, 0.1) is 5.82 Å². The van der Waals surface area contributed by atoms with Gasteiger partial charge in [-0.05, 0) is 67.3 Å². The summed E-state index contributed by atoms with van der Waals surface area (Å²) in [7, 11) is -2.89. The molecule has 1 fully saturated rings.